The van der Waals surface area contributed by atoms with Crippen molar-refractivity contribution >= 4 is 27.7 Å². The lowest BCUT2D eigenvalue weighted by Gasteiger charge is -2.04. The van der Waals surface area contributed by atoms with E-state index in [-0.39, 0.29) is 10.0 Å². The van der Waals surface area contributed by atoms with Gasteiger partial charge < -0.3 is 14.9 Å². The first-order valence-electron chi connectivity index (χ1n) is 4.09. The monoisotopic (exact) mass is 310 g/mol. The highest BCUT2D eigenvalue weighted by Crippen LogP contribution is 2.30. The average molecular weight is 311 g/mol. The van der Waals surface area contributed by atoms with Crippen molar-refractivity contribution in [1.29, 1.82) is 0 Å². The van der Waals surface area contributed by atoms with Crippen molar-refractivity contribution in [3.63, 3.8) is 0 Å². The molecule has 0 aromatic carbocycles. The van der Waals surface area contributed by atoms with Crippen LogP contribution >= 0.6 is 15.9 Å². The molecule has 0 aliphatic heterocycles. The Hall–Kier alpha value is -1.64. The Morgan fingerprint density at radius 2 is 2.24 bits per heavy atom. The molecule has 0 saturated heterocycles. The van der Waals surface area contributed by atoms with E-state index >= 15 is 0 Å². The molecule has 0 unspecified atom stereocenters. The second-order valence-electron chi connectivity index (χ2n) is 2.78. The molecule has 0 aliphatic rings. The first-order valence-corrected chi connectivity index (χ1v) is 4.89. The van der Waals surface area contributed by atoms with Crippen molar-refractivity contribution in [2.75, 3.05) is 7.11 Å². The summed E-state index contributed by atoms with van der Waals surface area (Å²) in [5.41, 5.74) is -1.23. The molecule has 0 radical (unpaired) electrons. The molecule has 6 nitrogen and oxygen atoms in total. The third-order valence-electron chi connectivity index (χ3n) is 1.76. The first-order chi connectivity index (χ1) is 7.88. The summed E-state index contributed by atoms with van der Waals surface area (Å²) in [4.78, 5) is 24.0. The Morgan fingerprint density at radius 3 is 2.65 bits per heavy atom. The van der Waals surface area contributed by atoms with Gasteiger partial charge in [0.15, 0.2) is 0 Å². The smallest absolute Gasteiger partial charge is 0.379 e. The van der Waals surface area contributed by atoms with Crippen LogP contribution in [0.25, 0.3) is 0 Å². The molecule has 0 N–H and O–H groups in total. The van der Waals surface area contributed by atoms with E-state index in [2.05, 4.69) is 25.7 Å². The van der Waals surface area contributed by atoms with Crippen molar-refractivity contribution < 1.29 is 23.2 Å². The predicted molar refractivity (Wildman–Crippen MR) is 54.9 cm³/mol. The summed E-state index contributed by atoms with van der Waals surface area (Å²) in [6.45, 7) is 0. The van der Waals surface area contributed by atoms with E-state index in [0.29, 0.717) is 0 Å². The molecule has 1 rings (SSSR count). The fourth-order valence-corrected chi connectivity index (χ4v) is 1.54. The lowest BCUT2D eigenvalue weighted by atomic mass is 10.2. The number of pyridine rings is 1. The van der Waals surface area contributed by atoms with Crippen LogP contribution in [0.2, 0.25) is 0 Å². The van der Waals surface area contributed by atoms with Gasteiger partial charge in [0.1, 0.15) is 4.47 Å². The van der Waals surface area contributed by atoms with Crippen LogP contribution in [0.3, 0.4) is 0 Å². The SMILES string of the molecule is COC(=O)c1cc(C(F)F)nc([N+](=O)[O-])c1Br. The van der Waals surface area contributed by atoms with Gasteiger partial charge in [0.2, 0.25) is 5.69 Å². The number of halogens is 3. The summed E-state index contributed by atoms with van der Waals surface area (Å²) in [6.07, 6.45) is -3.02. The lowest BCUT2D eigenvalue weighted by molar-refractivity contribution is -0.390. The number of methoxy groups -OCH3 is 1. The van der Waals surface area contributed by atoms with Gasteiger partial charge in [-0.25, -0.2) is 13.6 Å². The zero-order valence-corrected chi connectivity index (χ0v) is 9.90. The van der Waals surface area contributed by atoms with E-state index in [1.165, 1.54) is 0 Å². The Bertz CT molecular complexity index is 481. The molecule has 0 atom stereocenters. The van der Waals surface area contributed by atoms with Crippen LogP contribution in [0.15, 0.2) is 10.5 Å². The quantitative estimate of drug-likeness (QED) is 0.486. The number of nitrogens with zero attached hydrogens (tertiary/aromatic N) is 2. The zero-order chi connectivity index (χ0) is 13.2. The number of hydrogen-bond donors (Lipinski definition) is 0. The third-order valence-corrected chi connectivity index (χ3v) is 2.54. The molecule has 1 aromatic heterocycles. The van der Waals surface area contributed by atoms with Gasteiger partial charge in [0.25, 0.3) is 0 Å². The van der Waals surface area contributed by atoms with Crippen molar-refractivity contribution in [2.45, 2.75) is 6.43 Å². The van der Waals surface area contributed by atoms with Crippen LogP contribution < -0.4 is 0 Å². The van der Waals surface area contributed by atoms with Gasteiger partial charge in [-0.1, -0.05) is 0 Å². The maximum Gasteiger partial charge on any atom is 0.379 e. The van der Waals surface area contributed by atoms with Gasteiger partial charge in [0.05, 0.1) is 12.7 Å². The lowest BCUT2D eigenvalue weighted by Crippen LogP contribution is -2.08. The van der Waals surface area contributed by atoms with Gasteiger partial charge in [-0.05, 0) is 25.8 Å². The number of esters is 1. The average Bonchev–Trinajstić information content (AvgIpc) is 2.27. The van der Waals surface area contributed by atoms with Crippen molar-refractivity contribution in [1.82, 2.24) is 4.98 Å². The van der Waals surface area contributed by atoms with Crippen molar-refractivity contribution in [3.05, 3.63) is 31.9 Å². The Labute approximate surface area is 102 Å². The van der Waals surface area contributed by atoms with E-state index in [9.17, 15) is 23.7 Å². The van der Waals surface area contributed by atoms with E-state index in [1.54, 1.807) is 0 Å². The molecule has 0 aliphatic carbocycles. The Morgan fingerprint density at radius 1 is 1.65 bits per heavy atom. The fraction of sp³-hybridized carbons (Fsp3) is 0.250. The molecule has 17 heavy (non-hydrogen) atoms. The molecular formula is C8H5BrF2N2O4. The number of aromatic nitrogens is 1. The standard InChI is InChI=1S/C8H5BrF2N2O4/c1-17-8(14)3-2-4(6(10)11)12-7(5(3)9)13(15)16/h2,6H,1H3. The number of alkyl halides is 2. The number of nitro groups is 1. The van der Waals surface area contributed by atoms with E-state index in [4.69, 9.17) is 0 Å². The number of rotatable bonds is 3. The highest BCUT2D eigenvalue weighted by molar-refractivity contribution is 9.10. The maximum absolute atomic E-state index is 12.4. The summed E-state index contributed by atoms with van der Waals surface area (Å²) >= 11 is 2.76. The third kappa shape index (κ3) is 2.73. The fourth-order valence-electron chi connectivity index (χ4n) is 1.03. The molecule has 92 valence electrons. The highest BCUT2D eigenvalue weighted by Gasteiger charge is 2.28. The predicted octanol–water partition coefficient (Wildman–Crippen LogP) is 2.48. The minimum atomic E-state index is -3.02. The zero-order valence-electron chi connectivity index (χ0n) is 8.32. The van der Waals surface area contributed by atoms with Crippen molar-refractivity contribution in [3.8, 4) is 0 Å². The molecule has 9 heteroatoms. The van der Waals surface area contributed by atoms with Crippen LogP contribution in [0.1, 0.15) is 22.5 Å². The molecular weight excluding hydrogens is 306 g/mol. The molecule has 0 fully saturated rings. The van der Waals surface area contributed by atoms with Crippen LogP contribution in [-0.4, -0.2) is 23.0 Å². The summed E-state index contributed by atoms with van der Waals surface area (Å²) in [7, 11) is 1.03. The number of hydrogen-bond acceptors (Lipinski definition) is 5. The Balaban J connectivity index is 3.48. The highest BCUT2D eigenvalue weighted by atomic mass is 79.9. The van der Waals surface area contributed by atoms with Gasteiger partial charge in [-0.15, -0.1) is 0 Å². The molecule has 0 bridgehead atoms. The molecule has 0 amide bonds. The molecule has 0 saturated carbocycles. The second-order valence-corrected chi connectivity index (χ2v) is 3.57. The number of carbonyl (C=O) groups excluding carboxylic acids is 1. The maximum atomic E-state index is 12.4. The second kappa shape index (κ2) is 5.13. The van der Waals surface area contributed by atoms with Crippen LogP contribution in [0.4, 0.5) is 14.6 Å². The van der Waals surface area contributed by atoms with Gasteiger partial charge in [-0.3, -0.25) is 0 Å². The van der Waals surface area contributed by atoms with Crippen LogP contribution in [-0.2, 0) is 4.74 Å². The molecule has 0 spiro atoms. The van der Waals surface area contributed by atoms with Crippen LogP contribution in [0.5, 0.6) is 0 Å². The topological polar surface area (TPSA) is 82.3 Å². The first kappa shape index (κ1) is 13.4. The number of ether oxygens (including phenoxy) is 1. The van der Waals surface area contributed by atoms with Crippen LogP contribution in [0, 0.1) is 10.1 Å². The largest absolute Gasteiger partial charge is 0.465 e. The minimum absolute atomic E-state index is 0.293. The van der Waals surface area contributed by atoms with Crippen molar-refractivity contribution in [2.24, 2.45) is 0 Å². The van der Waals surface area contributed by atoms with E-state index in [1.807, 2.05) is 0 Å². The Kier molecular flexibility index (Phi) is 4.05. The molecule has 1 aromatic rings. The minimum Gasteiger partial charge on any atom is -0.465 e. The summed E-state index contributed by atoms with van der Waals surface area (Å²) in [5.74, 6) is -1.83. The summed E-state index contributed by atoms with van der Waals surface area (Å²) in [5, 5.41) is 10.6. The summed E-state index contributed by atoms with van der Waals surface area (Å²) < 4.78 is 28.9. The van der Waals surface area contributed by atoms with E-state index < -0.39 is 28.8 Å². The van der Waals surface area contributed by atoms with E-state index in [0.717, 1.165) is 13.2 Å². The normalized spacial score (nSPS) is 10.4. The number of carbonyl (C=O) groups is 1. The molecule has 1 heterocycles. The summed E-state index contributed by atoms with van der Waals surface area (Å²) in [6, 6.07) is 0.744. The van der Waals surface area contributed by atoms with Gasteiger partial charge >= 0.3 is 18.2 Å². The van der Waals surface area contributed by atoms with Gasteiger partial charge in [-0.2, -0.15) is 0 Å². The van der Waals surface area contributed by atoms with Gasteiger partial charge in [0, 0.05) is 6.07 Å².